The van der Waals surface area contributed by atoms with Crippen LogP contribution >= 0.6 is 11.6 Å². The number of halogens is 1. The third kappa shape index (κ3) is 5.38. The number of carbonyl (C=O) groups excluding carboxylic acids is 2. The van der Waals surface area contributed by atoms with Crippen LogP contribution in [0.5, 0.6) is 0 Å². The molecule has 0 spiro atoms. The Bertz CT molecular complexity index is 684. The molecule has 120 valence electrons. The van der Waals surface area contributed by atoms with Crippen LogP contribution in [0.15, 0.2) is 42.6 Å². The minimum atomic E-state index is -0.389. The van der Waals surface area contributed by atoms with Crippen molar-refractivity contribution in [3.8, 4) is 0 Å². The first-order chi connectivity index (χ1) is 10.9. The molecule has 1 unspecified atom stereocenters. The van der Waals surface area contributed by atoms with E-state index in [1.807, 2.05) is 31.2 Å². The largest absolute Gasteiger partial charge is 0.349 e. The monoisotopic (exact) mass is 331 g/mol. The Morgan fingerprint density at radius 1 is 1.17 bits per heavy atom. The van der Waals surface area contributed by atoms with E-state index in [9.17, 15) is 9.59 Å². The molecule has 6 heteroatoms. The van der Waals surface area contributed by atoms with Crippen LogP contribution in [0.1, 0.15) is 30.5 Å². The number of nitrogens with zero attached hydrogens (tertiary/aromatic N) is 1. The van der Waals surface area contributed by atoms with Gasteiger partial charge in [0.15, 0.2) is 0 Å². The summed E-state index contributed by atoms with van der Waals surface area (Å²) in [7, 11) is 0. The van der Waals surface area contributed by atoms with Crippen LogP contribution in [-0.2, 0) is 9.59 Å². The molecule has 0 bridgehead atoms. The molecule has 2 aromatic rings. The van der Waals surface area contributed by atoms with Crippen LogP contribution in [0.2, 0.25) is 5.02 Å². The number of benzene rings is 1. The van der Waals surface area contributed by atoms with Gasteiger partial charge >= 0.3 is 0 Å². The molecule has 1 atom stereocenters. The number of carbonyl (C=O) groups is 2. The summed E-state index contributed by atoms with van der Waals surface area (Å²) in [5, 5.41) is 5.99. The highest BCUT2D eigenvalue weighted by Gasteiger charge is 2.17. The lowest BCUT2D eigenvalue weighted by Crippen LogP contribution is -2.29. The molecule has 0 aliphatic heterocycles. The van der Waals surface area contributed by atoms with Crippen LogP contribution in [-0.4, -0.2) is 16.8 Å². The van der Waals surface area contributed by atoms with Crippen molar-refractivity contribution in [2.24, 2.45) is 0 Å². The van der Waals surface area contributed by atoms with Gasteiger partial charge in [-0.3, -0.25) is 9.59 Å². The summed E-state index contributed by atoms with van der Waals surface area (Å²) in [5.41, 5.74) is 2.00. The number of pyridine rings is 1. The van der Waals surface area contributed by atoms with Crippen LogP contribution in [0.4, 0.5) is 5.82 Å². The summed E-state index contributed by atoms with van der Waals surface area (Å²) in [4.78, 5) is 27.6. The van der Waals surface area contributed by atoms with Crippen LogP contribution < -0.4 is 10.6 Å². The normalized spacial score (nSPS) is 11.6. The smallest absolute Gasteiger partial charge is 0.227 e. The van der Waals surface area contributed by atoms with E-state index in [1.54, 1.807) is 12.1 Å². The third-order valence-corrected chi connectivity index (χ3v) is 3.47. The molecule has 0 aliphatic rings. The number of aromatic nitrogens is 1. The zero-order chi connectivity index (χ0) is 16.8. The topological polar surface area (TPSA) is 71.1 Å². The lowest BCUT2D eigenvalue weighted by molar-refractivity contribution is -0.120. The minimum Gasteiger partial charge on any atom is -0.349 e. The standard InChI is InChI=1S/C17H18ClN3O2/c1-11-3-5-13(6-4-11)15(20-12(2)22)9-17(23)21-16-8-7-14(18)10-19-16/h3-8,10,15H,9H2,1-2H3,(H,20,22)(H,19,21,23). The summed E-state index contributed by atoms with van der Waals surface area (Å²) in [6.07, 6.45) is 1.58. The van der Waals surface area contributed by atoms with Gasteiger partial charge in [0.1, 0.15) is 5.82 Å². The number of nitrogens with one attached hydrogen (secondary N) is 2. The number of aryl methyl sites for hydroxylation is 1. The maximum atomic E-state index is 12.2. The molecule has 1 heterocycles. The van der Waals surface area contributed by atoms with E-state index in [0.717, 1.165) is 11.1 Å². The minimum absolute atomic E-state index is 0.118. The van der Waals surface area contributed by atoms with Gasteiger partial charge in [0.05, 0.1) is 17.5 Å². The fourth-order valence-electron chi connectivity index (χ4n) is 2.13. The molecule has 23 heavy (non-hydrogen) atoms. The highest BCUT2D eigenvalue weighted by atomic mass is 35.5. The van der Waals surface area contributed by atoms with E-state index in [1.165, 1.54) is 13.1 Å². The number of anilines is 1. The number of amides is 2. The quantitative estimate of drug-likeness (QED) is 0.883. The molecule has 0 saturated carbocycles. The van der Waals surface area contributed by atoms with Crippen LogP contribution in [0.3, 0.4) is 0 Å². The first-order valence-corrected chi connectivity index (χ1v) is 7.57. The maximum Gasteiger partial charge on any atom is 0.227 e. The van der Waals surface area contributed by atoms with Crippen LogP contribution in [0, 0.1) is 6.92 Å². The molecule has 1 aromatic carbocycles. The van der Waals surface area contributed by atoms with Gasteiger partial charge in [-0.1, -0.05) is 41.4 Å². The molecule has 1 aromatic heterocycles. The Labute approximate surface area is 140 Å². The lowest BCUT2D eigenvalue weighted by atomic mass is 10.0. The molecule has 0 fully saturated rings. The van der Waals surface area contributed by atoms with Crippen molar-refractivity contribution in [1.82, 2.24) is 10.3 Å². The van der Waals surface area contributed by atoms with Crippen molar-refractivity contribution >= 4 is 29.2 Å². The molecule has 0 saturated heterocycles. The average Bonchev–Trinajstić information content (AvgIpc) is 2.49. The predicted molar refractivity (Wildman–Crippen MR) is 90.2 cm³/mol. The van der Waals surface area contributed by atoms with Crippen LogP contribution in [0.25, 0.3) is 0 Å². The first kappa shape index (κ1) is 17.0. The Hall–Kier alpha value is -2.40. The molecular formula is C17H18ClN3O2. The predicted octanol–water partition coefficient (Wildman–Crippen LogP) is 3.25. The van der Waals surface area contributed by atoms with Gasteiger partial charge < -0.3 is 10.6 Å². The number of hydrogen-bond acceptors (Lipinski definition) is 3. The van der Waals surface area contributed by atoms with Crippen molar-refractivity contribution < 1.29 is 9.59 Å². The maximum absolute atomic E-state index is 12.2. The van der Waals surface area contributed by atoms with Gasteiger partial charge in [-0.05, 0) is 24.6 Å². The fraction of sp³-hybridized carbons (Fsp3) is 0.235. The highest BCUT2D eigenvalue weighted by molar-refractivity contribution is 6.30. The second-order valence-electron chi connectivity index (χ2n) is 5.28. The van der Waals surface area contributed by atoms with Gasteiger partial charge in [0.2, 0.25) is 11.8 Å². The molecule has 2 amide bonds. The van der Waals surface area contributed by atoms with Gasteiger partial charge in [0.25, 0.3) is 0 Å². The van der Waals surface area contributed by atoms with E-state index in [-0.39, 0.29) is 24.3 Å². The third-order valence-electron chi connectivity index (χ3n) is 3.24. The molecule has 0 aliphatic carbocycles. The molecule has 5 nitrogen and oxygen atoms in total. The van der Waals surface area contributed by atoms with E-state index in [2.05, 4.69) is 15.6 Å². The van der Waals surface area contributed by atoms with E-state index < -0.39 is 0 Å². The fourth-order valence-corrected chi connectivity index (χ4v) is 2.24. The summed E-state index contributed by atoms with van der Waals surface area (Å²) in [6, 6.07) is 10.6. The summed E-state index contributed by atoms with van der Waals surface area (Å²) in [5.74, 6) is -0.00276. The van der Waals surface area contributed by atoms with E-state index in [4.69, 9.17) is 11.6 Å². The first-order valence-electron chi connectivity index (χ1n) is 7.19. The molecule has 0 radical (unpaired) electrons. The van der Waals surface area contributed by atoms with Crippen molar-refractivity contribution in [2.45, 2.75) is 26.3 Å². The Morgan fingerprint density at radius 2 is 1.87 bits per heavy atom. The Kier molecular flexibility index (Phi) is 5.71. The van der Waals surface area contributed by atoms with Crippen molar-refractivity contribution in [3.05, 3.63) is 58.7 Å². The SMILES string of the molecule is CC(=O)NC(CC(=O)Nc1ccc(Cl)cn1)c1ccc(C)cc1. The summed E-state index contributed by atoms with van der Waals surface area (Å²) < 4.78 is 0. The highest BCUT2D eigenvalue weighted by Crippen LogP contribution is 2.19. The lowest BCUT2D eigenvalue weighted by Gasteiger charge is -2.18. The Balaban J connectivity index is 2.07. The number of rotatable bonds is 5. The average molecular weight is 332 g/mol. The number of hydrogen-bond donors (Lipinski definition) is 2. The van der Waals surface area contributed by atoms with Crippen molar-refractivity contribution in [1.29, 1.82) is 0 Å². The van der Waals surface area contributed by atoms with Gasteiger partial charge in [-0.25, -0.2) is 4.98 Å². The van der Waals surface area contributed by atoms with Crippen molar-refractivity contribution in [3.63, 3.8) is 0 Å². The zero-order valence-corrected chi connectivity index (χ0v) is 13.7. The van der Waals surface area contributed by atoms with Gasteiger partial charge in [-0.15, -0.1) is 0 Å². The Morgan fingerprint density at radius 3 is 2.43 bits per heavy atom. The van der Waals surface area contributed by atoms with Gasteiger partial charge in [0, 0.05) is 13.1 Å². The molecule has 2 rings (SSSR count). The summed E-state index contributed by atoms with van der Waals surface area (Å²) >= 11 is 5.76. The molecular weight excluding hydrogens is 314 g/mol. The zero-order valence-electron chi connectivity index (χ0n) is 13.0. The molecule has 2 N–H and O–H groups in total. The van der Waals surface area contributed by atoms with Crippen molar-refractivity contribution in [2.75, 3.05) is 5.32 Å². The van der Waals surface area contributed by atoms with E-state index in [0.29, 0.717) is 10.8 Å². The second kappa shape index (κ2) is 7.74. The van der Waals surface area contributed by atoms with Gasteiger partial charge in [-0.2, -0.15) is 0 Å². The summed E-state index contributed by atoms with van der Waals surface area (Å²) in [6.45, 7) is 3.41. The van der Waals surface area contributed by atoms with E-state index >= 15 is 0 Å². The second-order valence-corrected chi connectivity index (χ2v) is 5.71.